The van der Waals surface area contributed by atoms with Crippen molar-refractivity contribution in [1.29, 1.82) is 0 Å². The van der Waals surface area contributed by atoms with Gasteiger partial charge in [0.25, 0.3) is 0 Å². The number of imidazole rings is 1. The molecule has 0 aliphatic heterocycles. The number of hydrogen-bond acceptors (Lipinski definition) is 3. The number of aromatic nitrogens is 2. The van der Waals surface area contributed by atoms with Gasteiger partial charge < -0.3 is 5.84 Å². The van der Waals surface area contributed by atoms with Crippen molar-refractivity contribution in [1.82, 2.24) is 9.13 Å². The van der Waals surface area contributed by atoms with Gasteiger partial charge in [-0.15, -0.1) is 0 Å². The summed E-state index contributed by atoms with van der Waals surface area (Å²) in [7, 11) is 1.77. The summed E-state index contributed by atoms with van der Waals surface area (Å²) in [6, 6.07) is 5.70. The Balaban J connectivity index is 2.81. The minimum atomic E-state index is -0.000614. The molecule has 0 atom stereocenters. The number of hydrazone groups is 1. The Morgan fingerprint density at radius 3 is 2.81 bits per heavy atom. The van der Waals surface area contributed by atoms with E-state index < -0.39 is 0 Å². The molecule has 0 unspecified atom stereocenters. The lowest BCUT2D eigenvalue weighted by molar-refractivity contribution is 0.712. The van der Waals surface area contributed by atoms with Crippen LogP contribution in [0.2, 0.25) is 0 Å². The van der Waals surface area contributed by atoms with Gasteiger partial charge in [0.1, 0.15) is 0 Å². The number of benzene rings is 1. The average Bonchev–Trinajstić information content (AvgIpc) is 2.52. The van der Waals surface area contributed by atoms with Crippen molar-refractivity contribution >= 4 is 17.2 Å². The lowest BCUT2D eigenvalue weighted by Crippen LogP contribution is -2.21. The van der Waals surface area contributed by atoms with E-state index in [1.54, 1.807) is 22.4 Å². The number of nitrogens with two attached hydrogens (primary N) is 1. The zero-order chi connectivity index (χ0) is 11.7. The van der Waals surface area contributed by atoms with Crippen LogP contribution in [-0.2, 0) is 13.6 Å². The second kappa shape index (κ2) is 3.84. The fourth-order valence-electron chi connectivity index (χ4n) is 1.90. The van der Waals surface area contributed by atoms with Crippen molar-refractivity contribution in [3.63, 3.8) is 0 Å². The number of nitrogens with zero attached hydrogens (tertiary/aromatic N) is 3. The van der Waals surface area contributed by atoms with E-state index in [2.05, 4.69) is 5.10 Å². The summed E-state index contributed by atoms with van der Waals surface area (Å²) in [5.41, 5.74) is 2.72. The van der Waals surface area contributed by atoms with Crippen molar-refractivity contribution in [3.8, 4) is 0 Å². The van der Waals surface area contributed by atoms with Gasteiger partial charge in [0.2, 0.25) is 0 Å². The molecule has 1 aromatic carbocycles. The summed E-state index contributed by atoms with van der Waals surface area (Å²) in [6.07, 6.45) is 1.57. The van der Waals surface area contributed by atoms with Crippen molar-refractivity contribution in [2.45, 2.75) is 13.5 Å². The third-order valence-electron chi connectivity index (χ3n) is 2.71. The molecule has 84 valence electrons. The second-order valence-corrected chi connectivity index (χ2v) is 3.61. The minimum absolute atomic E-state index is 0.000614. The van der Waals surface area contributed by atoms with Crippen LogP contribution in [-0.4, -0.2) is 15.3 Å². The predicted octanol–water partition coefficient (Wildman–Crippen LogP) is 0.652. The molecule has 0 spiro atoms. The van der Waals surface area contributed by atoms with Crippen molar-refractivity contribution < 1.29 is 0 Å². The van der Waals surface area contributed by atoms with Crippen LogP contribution in [0.4, 0.5) is 0 Å². The molecule has 0 bridgehead atoms. The minimum Gasteiger partial charge on any atom is -0.323 e. The summed E-state index contributed by atoms with van der Waals surface area (Å²) in [4.78, 5) is 11.9. The Morgan fingerprint density at radius 2 is 2.19 bits per heavy atom. The number of fused-ring (bicyclic) bond motifs is 1. The van der Waals surface area contributed by atoms with Gasteiger partial charge in [-0.1, -0.05) is 6.07 Å². The highest BCUT2D eigenvalue weighted by atomic mass is 16.1. The van der Waals surface area contributed by atoms with E-state index >= 15 is 0 Å². The van der Waals surface area contributed by atoms with E-state index in [1.807, 2.05) is 25.1 Å². The third-order valence-corrected chi connectivity index (χ3v) is 2.71. The van der Waals surface area contributed by atoms with Gasteiger partial charge >= 0.3 is 5.69 Å². The van der Waals surface area contributed by atoms with Crippen molar-refractivity contribution in [2.75, 3.05) is 0 Å². The first-order valence-corrected chi connectivity index (χ1v) is 5.11. The molecule has 0 fully saturated rings. The standard InChI is InChI=1S/C11H14N4O/c1-3-15-10-6-8(7-13-12)4-5-9(10)14(2)11(15)16/h4-7H,3,12H2,1-2H3. The van der Waals surface area contributed by atoms with Crippen LogP contribution in [0.5, 0.6) is 0 Å². The molecule has 5 heteroatoms. The summed E-state index contributed by atoms with van der Waals surface area (Å²) < 4.78 is 3.37. The zero-order valence-corrected chi connectivity index (χ0v) is 9.34. The van der Waals surface area contributed by atoms with Crippen molar-refractivity contribution in [3.05, 3.63) is 34.2 Å². The molecular weight excluding hydrogens is 204 g/mol. The Hall–Kier alpha value is -2.04. The van der Waals surface area contributed by atoms with Crippen LogP contribution in [0.15, 0.2) is 28.1 Å². The maximum Gasteiger partial charge on any atom is 0.328 e. The van der Waals surface area contributed by atoms with E-state index in [4.69, 9.17) is 5.84 Å². The molecule has 16 heavy (non-hydrogen) atoms. The molecule has 2 rings (SSSR count). The molecule has 1 heterocycles. The van der Waals surface area contributed by atoms with E-state index in [0.29, 0.717) is 6.54 Å². The van der Waals surface area contributed by atoms with Gasteiger partial charge in [-0.05, 0) is 24.6 Å². The average molecular weight is 218 g/mol. The SMILES string of the molecule is CCn1c(=O)n(C)c2ccc(C=NN)cc21. The van der Waals surface area contributed by atoms with Gasteiger partial charge in [-0.25, -0.2) is 4.79 Å². The quantitative estimate of drug-likeness (QED) is 0.457. The molecule has 2 N–H and O–H groups in total. The molecule has 5 nitrogen and oxygen atoms in total. The molecular formula is C11H14N4O. The Bertz CT molecular complexity index is 606. The second-order valence-electron chi connectivity index (χ2n) is 3.61. The van der Waals surface area contributed by atoms with Crippen LogP contribution >= 0.6 is 0 Å². The monoisotopic (exact) mass is 218 g/mol. The maximum atomic E-state index is 11.9. The van der Waals surface area contributed by atoms with Crippen molar-refractivity contribution in [2.24, 2.45) is 18.0 Å². The molecule has 0 saturated carbocycles. The van der Waals surface area contributed by atoms with Gasteiger partial charge in [-0.3, -0.25) is 9.13 Å². The van der Waals surface area contributed by atoms with Crippen LogP contribution in [0, 0.1) is 0 Å². The predicted molar refractivity (Wildman–Crippen MR) is 64.6 cm³/mol. The van der Waals surface area contributed by atoms with E-state index in [9.17, 15) is 4.79 Å². The van der Waals surface area contributed by atoms with Gasteiger partial charge in [0.05, 0.1) is 17.2 Å². The first-order chi connectivity index (χ1) is 7.69. The Labute approximate surface area is 92.8 Å². The van der Waals surface area contributed by atoms with Gasteiger partial charge in [0.15, 0.2) is 0 Å². The fourth-order valence-corrected chi connectivity index (χ4v) is 1.90. The summed E-state index contributed by atoms with van der Waals surface area (Å²) in [6.45, 7) is 2.60. The fraction of sp³-hybridized carbons (Fsp3) is 0.273. The highest BCUT2D eigenvalue weighted by Gasteiger charge is 2.08. The third kappa shape index (κ3) is 1.41. The van der Waals surface area contributed by atoms with Crippen LogP contribution in [0.1, 0.15) is 12.5 Å². The van der Waals surface area contributed by atoms with Crippen LogP contribution in [0.25, 0.3) is 11.0 Å². The smallest absolute Gasteiger partial charge is 0.323 e. The van der Waals surface area contributed by atoms with Gasteiger partial charge in [0, 0.05) is 13.6 Å². The zero-order valence-electron chi connectivity index (χ0n) is 9.34. The lowest BCUT2D eigenvalue weighted by Gasteiger charge is -1.98. The molecule has 0 radical (unpaired) electrons. The summed E-state index contributed by atoms with van der Waals surface area (Å²) in [5.74, 6) is 5.11. The topological polar surface area (TPSA) is 65.3 Å². The molecule has 0 amide bonds. The molecule has 2 aromatic rings. The molecule has 0 aliphatic rings. The lowest BCUT2D eigenvalue weighted by atomic mass is 10.2. The number of rotatable bonds is 2. The summed E-state index contributed by atoms with van der Waals surface area (Å²) in [5, 5.41) is 3.48. The Morgan fingerprint density at radius 1 is 1.44 bits per heavy atom. The van der Waals surface area contributed by atoms with E-state index in [0.717, 1.165) is 16.6 Å². The van der Waals surface area contributed by atoms with E-state index in [1.165, 1.54) is 0 Å². The maximum absolute atomic E-state index is 11.9. The van der Waals surface area contributed by atoms with E-state index in [-0.39, 0.29) is 5.69 Å². The van der Waals surface area contributed by atoms with Gasteiger partial charge in [-0.2, -0.15) is 5.10 Å². The summed E-state index contributed by atoms with van der Waals surface area (Å²) >= 11 is 0. The molecule has 1 aromatic heterocycles. The first-order valence-electron chi connectivity index (χ1n) is 5.11. The van der Waals surface area contributed by atoms with Crippen LogP contribution in [0.3, 0.4) is 0 Å². The number of aryl methyl sites for hydroxylation is 2. The first kappa shape index (κ1) is 10.5. The highest BCUT2D eigenvalue weighted by molar-refractivity contribution is 5.87. The Kier molecular flexibility index (Phi) is 2.52. The molecule has 0 aliphatic carbocycles. The highest BCUT2D eigenvalue weighted by Crippen LogP contribution is 2.13. The normalized spacial score (nSPS) is 11.6. The molecule has 0 saturated heterocycles. The van der Waals surface area contributed by atoms with Crippen LogP contribution < -0.4 is 11.5 Å². The largest absolute Gasteiger partial charge is 0.328 e. The number of hydrogen-bond donors (Lipinski definition) is 1.